The first kappa shape index (κ1) is 26.9. The van der Waals surface area contributed by atoms with E-state index in [0.29, 0.717) is 24.6 Å². The van der Waals surface area contributed by atoms with E-state index in [1.165, 1.54) is 0 Å². The van der Waals surface area contributed by atoms with Crippen LogP contribution in [-0.4, -0.2) is 52.9 Å². The smallest absolute Gasteiger partial charge is 0.131 e. The van der Waals surface area contributed by atoms with Gasteiger partial charge in [0.1, 0.15) is 18.0 Å². The summed E-state index contributed by atoms with van der Waals surface area (Å²) in [6.45, 7) is 6.08. The van der Waals surface area contributed by atoms with Gasteiger partial charge in [-0.2, -0.15) is 0 Å². The molecule has 1 saturated heterocycles. The summed E-state index contributed by atoms with van der Waals surface area (Å²) in [4.78, 5) is 6.85. The summed E-state index contributed by atoms with van der Waals surface area (Å²) in [5.74, 6) is 0.781. The zero-order chi connectivity index (χ0) is 26.9. The lowest BCUT2D eigenvalue weighted by Crippen LogP contribution is -2.54. The summed E-state index contributed by atoms with van der Waals surface area (Å²) >= 11 is 6.08. The number of nitrogens with zero attached hydrogens (tertiary/aromatic N) is 2. The van der Waals surface area contributed by atoms with Gasteiger partial charge in [-0.25, -0.2) is 0 Å². The van der Waals surface area contributed by atoms with Gasteiger partial charge in [-0.15, -0.1) is 0 Å². The van der Waals surface area contributed by atoms with Crippen LogP contribution in [0.3, 0.4) is 0 Å². The fourth-order valence-corrected chi connectivity index (χ4v) is 5.68. The topological polar surface area (TPSA) is 75.1 Å². The highest BCUT2D eigenvalue weighted by Crippen LogP contribution is 2.40. The molecule has 1 aromatic heterocycles. The number of hydrogen-bond acceptors (Lipinski definition) is 6. The molecule has 2 aromatic carbocycles. The van der Waals surface area contributed by atoms with Gasteiger partial charge in [0, 0.05) is 49.1 Å². The summed E-state index contributed by atoms with van der Waals surface area (Å²) in [6, 6.07) is 17.4. The van der Waals surface area contributed by atoms with Crippen molar-refractivity contribution in [3.63, 3.8) is 0 Å². The van der Waals surface area contributed by atoms with Crippen LogP contribution in [0.25, 0.3) is 5.57 Å². The molecule has 2 aliphatic rings. The molecule has 3 aromatic rings. The zero-order valence-corrected chi connectivity index (χ0v) is 22.9. The molecular formula is C31H35ClN2O4. The normalized spacial score (nSPS) is 22.9. The third-order valence-electron chi connectivity index (χ3n) is 7.78. The molecule has 3 heterocycles. The number of fused-ring (bicyclic) bond motifs is 2. The van der Waals surface area contributed by atoms with Gasteiger partial charge in [-0.1, -0.05) is 41.9 Å². The predicted molar refractivity (Wildman–Crippen MR) is 149 cm³/mol. The minimum absolute atomic E-state index is 0.393. The van der Waals surface area contributed by atoms with Crippen molar-refractivity contribution in [2.45, 2.75) is 50.6 Å². The molecule has 2 atom stereocenters. The van der Waals surface area contributed by atoms with Crippen molar-refractivity contribution >= 4 is 17.2 Å². The Labute approximate surface area is 229 Å². The van der Waals surface area contributed by atoms with Crippen LogP contribution < -0.4 is 4.74 Å². The molecule has 1 fully saturated rings. The Morgan fingerprint density at radius 1 is 1.18 bits per heavy atom. The first-order chi connectivity index (χ1) is 18.2. The number of ether oxygens (including phenoxy) is 2. The van der Waals surface area contributed by atoms with Crippen LogP contribution in [0.5, 0.6) is 5.75 Å². The number of aromatic nitrogens is 1. The molecule has 2 unspecified atom stereocenters. The fraction of sp³-hybridized carbons (Fsp3) is 0.387. The van der Waals surface area contributed by atoms with Gasteiger partial charge in [0.25, 0.3) is 0 Å². The van der Waals surface area contributed by atoms with Crippen LogP contribution >= 0.6 is 11.6 Å². The molecule has 0 spiro atoms. The van der Waals surface area contributed by atoms with Gasteiger partial charge in [-0.05, 0) is 73.7 Å². The molecule has 0 saturated carbocycles. The van der Waals surface area contributed by atoms with Crippen LogP contribution in [0.1, 0.15) is 54.6 Å². The number of benzene rings is 2. The Morgan fingerprint density at radius 2 is 1.97 bits per heavy atom. The number of pyridine rings is 1. The number of likely N-dealkylation sites (tertiary alicyclic amines) is 1. The van der Waals surface area contributed by atoms with Gasteiger partial charge in [0.2, 0.25) is 0 Å². The molecule has 0 aliphatic carbocycles. The second kappa shape index (κ2) is 10.8. The molecule has 7 heteroatoms. The van der Waals surface area contributed by atoms with Crippen molar-refractivity contribution in [1.29, 1.82) is 0 Å². The lowest BCUT2D eigenvalue weighted by atomic mass is 9.81. The maximum absolute atomic E-state index is 11.2. The largest absolute Gasteiger partial charge is 0.487 e. The van der Waals surface area contributed by atoms with Crippen molar-refractivity contribution in [3.05, 3.63) is 99.8 Å². The lowest BCUT2D eigenvalue weighted by molar-refractivity contribution is -0.146. The van der Waals surface area contributed by atoms with E-state index in [-0.39, 0.29) is 0 Å². The fourth-order valence-electron chi connectivity index (χ4n) is 5.55. The minimum Gasteiger partial charge on any atom is -0.487 e. The summed E-state index contributed by atoms with van der Waals surface area (Å²) < 4.78 is 12.0. The predicted octanol–water partition coefficient (Wildman–Crippen LogP) is 5.29. The van der Waals surface area contributed by atoms with Gasteiger partial charge in [0.15, 0.2) is 0 Å². The maximum atomic E-state index is 11.2. The molecular weight excluding hydrogens is 500 g/mol. The Morgan fingerprint density at radius 3 is 2.68 bits per heavy atom. The summed E-state index contributed by atoms with van der Waals surface area (Å²) in [7, 11) is 1.66. The van der Waals surface area contributed by atoms with E-state index in [9.17, 15) is 10.2 Å². The number of methoxy groups -OCH3 is 1. The highest BCUT2D eigenvalue weighted by Gasteiger charge is 2.44. The summed E-state index contributed by atoms with van der Waals surface area (Å²) in [6.07, 6.45) is 4.81. The highest BCUT2D eigenvalue weighted by molar-refractivity contribution is 6.30. The maximum Gasteiger partial charge on any atom is 0.131 e. The van der Waals surface area contributed by atoms with Crippen LogP contribution in [0.15, 0.2) is 66.9 Å². The van der Waals surface area contributed by atoms with Crippen LogP contribution in [0, 0.1) is 0 Å². The second-order valence-electron chi connectivity index (χ2n) is 10.6. The molecule has 6 nitrogen and oxygen atoms in total. The summed E-state index contributed by atoms with van der Waals surface area (Å²) in [5, 5.41) is 22.5. The molecule has 0 bridgehead atoms. The van der Waals surface area contributed by atoms with Gasteiger partial charge < -0.3 is 24.6 Å². The number of halogens is 1. The van der Waals surface area contributed by atoms with Crippen LogP contribution in [0.4, 0.5) is 0 Å². The molecule has 0 amide bonds. The first-order valence-electron chi connectivity index (χ1n) is 13.1. The molecule has 2 N–H and O–H groups in total. The van der Waals surface area contributed by atoms with Crippen molar-refractivity contribution in [2.24, 2.45) is 0 Å². The Balaban J connectivity index is 1.37. The minimum atomic E-state index is -0.966. The highest BCUT2D eigenvalue weighted by atomic mass is 35.5. The Bertz CT molecular complexity index is 1320. The quantitative estimate of drug-likeness (QED) is 0.448. The standard InChI is InChI=1S/C31H35ClN2O4/c1-30(2,36)22-10-13-28-26(18-22)24(25-6-4-15-33-27(25)20-38-28)7-5-16-34-17-14-31(37-3,29(35)19-34)21-8-11-23(32)12-9-21/h4,6-13,15,18,29,35-36H,5,14,16-17,19-20H2,1-3H3/b24-7-. The molecule has 38 heavy (non-hydrogen) atoms. The van der Waals surface area contributed by atoms with E-state index in [4.69, 9.17) is 21.1 Å². The van der Waals surface area contributed by atoms with E-state index in [0.717, 1.165) is 58.8 Å². The average Bonchev–Trinajstić information content (AvgIpc) is 3.06. The van der Waals surface area contributed by atoms with Gasteiger partial charge in [-0.3, -0.25) is 4.98 Å². The number of aliphatic hydroxyl groups excluding tert-OH is 1. The van der Waals surface area contributed by atoms with Crippen molar-refractivity contribution in [2.75, 3.05) is 26.7 Å². The first-order valence-corrected chi connectivity index (χ1v) is 13.5. The van der Waals surface area contributed by atoms with Gasteiger partial charge in [0.05, 0.1) is 17.4 Å². The van der Waals surface area contributed by atoms with E-state index in [1.54, 1.807) is 27.2 Å². The monoisotopic (exact) mass is 534 g/mol. The third kappa shape index (κ3) is 5.24. The second-order valence-corrected chi connectivity index (χ2v) is 11.1. The van der Waals surface area contributed by atoms with E-state index < -0.39 is 17.3 Å². The zero-order valence-electron chi connectivity index (χ0n) is 22.2. The Hall–Kier alpha value is -2.74. The number of aliphatic hydroxyl groups is 2. The van der Waals surface area contributed by atoms with Crippen molar-refractivity contribution < 1.29 is 19.7 Å². The van der Waals surface area contributed by atoms with Gasteiger partial charge >= 0.3 is 0 Å². The number of β-amino-alcohol motifs (C(OH)–C–C–N with tert-alkyl or cyclic N) is 1. The number of piperidine rings is 1. The van der Waals surface area contributed by atoms with Crippen LogP contribution in [-0.2, 0) is 22.5 Å². The van der Waals surface area contributed by atoms with Crippen LogP contribution in [0.2, 0.25) is 5.02 Å². The summed E-state index contributed by atoms with van der Waals surface area (Å²) in [5.41, 5.74) is 4.00. The SMILES string of the molecule is COC1(c2ccc(Cl)cc2)CCN(CC/C=C2\c3cc(C(C)(C)O)ccc3OCc3ncccc32)CC1O. The Kier molecular flexibility index (Phi) is 7.63. The number of hydrogen-bond donors (Lipinski definition) is 2. The molecule has 200 valence electrons. The molecule has 2 aliphatic heterocycles. The van der Waals surface area contributed by atoms with E-state index in [1.807, 2.05) is 48.5 Å². The van der Waals surface area contributed by atoms with Crippen molar-refractivity contribution in [1.82, 2.24) is 9.88 Å². The van der Waals surface area contributed by atoms with Crippen molar-refractivity contribution in [3.8, 4) is 5.75 Å². The third-order valence-corrected chi connectivity index (χ3v) is 8.03. The lowest BCUT2D eigenvalue weighted by Gasteiger charge is -2.45. The molecule has 0 radical (unpaired) electrons. The van der Waals surface area contributed by atoms with E-state index in [2.05, 4.69) is 22.0 Å². The number of rotatable bonds is 6. The average molecular weight is 535 g/mol. The van der Waals surface area contributed by atoms with E-state index >= 15 is 0 Å². The molecule has 5 rings (SSSR count).